The van der Waals surface area contributed by atoms with Gasteiger partial charge >= 0.3 is 0 Å². The van der Waals surface area contributed by atoms with Crippen LogP contribution in [0.25, 0.3) is 0 Å². The molecule has 0 spiro atoms. The number of hydrogen-bond donors (Lipinski definition) is 0. The summed E-state index contributed by atoms with van der Waals surface area (Å²) in [5, 5.41) is -0.346. The number of Topliss-reactive ketones (excluding diaryl/α,β-unsaturated/α-hetero) is 1. The predicted octanol–water partition coefficient (Wildman–Crippen LogP) is 2.74. The molecule has 0 radical (unpaired) electrons. The number of carbonyl (C=O) groups is 2. The summed E-state index contributed by atoms with van der Waals surface area (Å²) in [5.74, 6) is -0.335. The van der Waals surface area contributed by atoms with Gasteiger partial charge in [-0.05, 0) is 61.7 Å². The van der Waals surface area contributed by atoms with Gasteiger partial charge < -0.3 is 0 Å². The Morgan fingerprint density at radius 3 is 1.93 bits per heavy atom. The monoisotopic (exact) mass is 220 g/mol. The quantitative estimate of drug-likeness (QED) is 0.630. The second-order valence-electron chi connectivity index (χ2n) is 3.92. The van der Waals surface area contributed by atoms with Crippen molar-refractivity contribution in [2.45, 2.75) is 32.6 Å². The fourth-order valence-electron chi connectivity index (χ4n) is 1.92. The van der Waals surface area contributed by atoms with Crippen molar-refractivity contribution in [3.8, 4) is 0 Å². The number of thioether (sulfide) groups is 1. The van der Waals surface area contributed by atoms with E-state index in [1.54, 1.807) is 0 Å². The topological polar surface area (TPSA) is 34.1 Å². The molecule has 0 saturated carbocycles. The summed E-state index contributed by atoms with van der Waals surface area (Å²) < 4.78 is 0. The van der Waals surface area contributed by atoms with Crippen molar-refractivity contribution in [3.63, 3.8) is 0 Å². The minimum Gasteiger partial charge on any atom is -0.284 e. The summed E-state index contributed by atoms with van der Waals surface area (Å²) in [6.07, 6.45) is 0. The van der Waals surface area contributed by atoms with Crippen molar-refractivity contribution in [1.29, 1.82) is 0 Å². The van der Waals surface area contributed by atoms with E-state index in [0.29, 0.717) is 5.56 Å². The highest BCUT2D eigenvalue weighted by Crippen LogP contribution is 2.40. The molecule has 3 heteroatoms. The van der Waals surface area contributed by atoms with Gasteiger partial charge in [0.05, 0.1) is 0 Å². The lowest BCUT2D eigenvalue weighted by molar-refractivity contribution is -0.107. The Balaban J connectivity index is 2.86. The Kier molecular flexibility index (Phi) is 2.23. The summed E-state index contributed by atoms with van der Waals surface area (Å²) in [5.41, 5.74) is 4.95. The van der Waals surface area contributed by atoms with Crippen LogP contribution in [0, 0.1) is 27.7 Å². The zero-order valence-electron chi connectivity index (χ0n) is 9.22. The van der Waals surface area contributed by atoms with Gasteiger partial charge in [-0.1, -0.05) is 0 Å². The first-order chi connectivity index (χ1) is 6.95. The maximum absolute atomic E-state index is 11.7. The van der Waals surface area contributed by atoms with E-state index in [-0.39, 0.29) is 10.9 Å². The highest BCUT2D eigenvalue weighted by Gasteiger charge is 2.33. The number of ketones is 1. The van der Waals surface area contributed by atoms with Crippen LogP contribution in [0.15, 0.2) is 4.90 Å². The standard InChI is InChI=1S/C12H12O2S/c1-5-6(2)8(4)11-9(7(5)3)10(13)12(14)15-11/h1-4H3. The zero-order valence-corrected chi connectivity index (χ0v) is 10.0. The molecule has 1 aromatic rings. The number of rotatable bonds is 0. The van der Waals surface area contributed by atoms with E-state index in [1.165, 1.54) is 5.56 Å². The highest BCUT2D eigenvalue weighted by molar-refractivity contribution is 8.16. The molecule has 2 rings (SSSR count). The molecule has 0 unspecified atom stereocenters. The molecule has 1 aliphatic heterocycles. The highest BCUT2D eigenvalue weighted by atomic mass is 32.2. The first-order valence-corrected chi connectivity index (χ1v) is 5.63. The lowest BCUT2D eigenvalue weighted by atomic mass is 9.93. The summed E-state index contributed by atoms with van der Waals surface area (Å²) >= 11 is 1.07. The van der Waals surface area contributed by atoms with E-state index in [4.69, 9.17) is 0 Å². The first kappa shape index (κ1) is 10.4. The van der Waals surface area contributed by atoms with Gasteiger partial charge in [-0.3, -0.25) is 9.59 Å². The first-order valence-electron chi connectivity index (χ1n) is 4.82. The van der Waals surface area contributed by atoms with E-state index in [2.05, 4.69) is 0 Å². The summed E-state index contributed by atoms with van der Waals surface area (Å²) in [6, 6.07) is 0. The van der Waals surface area contributed by atoms with Crippen molar-refractivity contribution < 1.29 is 9.59 Å². The van der Waals surface area contributed by atoms with Gasteiger partial charge in [0.15, 0.2) is 0 Å². The Morgan fingerprint density at radius 2 is 1.33 bits per heavy atom. The van der Waals surface area contributed by atoms with E-state index in [1.807, 2.05) is 27.7 Å². The molecule has 1 aliphatic rings. The van der Waals surface area contributed by atoms with Crippen LogP contribution in [-0.2, 0) is 4.79 Å². The van der Waals surface area contributed by atoms with Crippen molar-refractivity contribution in [3.05, 3.63) is 27.8 Å². The molecule has 0 aliphatic carbocycles. The van der Waals surface area contributed by atoms with Gasteiger partial charge in [-0.25, -0.2) is 0 Å². The molecule has 2 nitrogen and oxygen atoms in total. The van der Waals surface area contributed by atoms with Gasteiger partial charge in [0, 0.05) is 10.5 Å². The summed E-state index contributed by atoms with van der Waals surface area (Å²) in [7, 11) is 0. The zero-order chi connectivity index (χ0) is 11.3. The Bertz CT molecular complexity index is 501. The van der Waals surface area contributed by atoms with Crippen molar-refractivity contribution in [2.75, 3.05) is 0 Å². The number of carbonyl (C=O) groups excluding carboxylic acids is 2. The third-order valence-corrected chi connectivity index (χ3v) is 4.32. The minimum absolute atomic E-state index is 0.335. The molecule has 0 aromatic heterocycles. The molecule has 0 bridgehead atoms. The largest absolute Gasteiger partial charge is 0.284 e. The van der Waals surface area contributed by atoms with Gasteiger partial charge in [0.1, 0.15) is 0 Å². The smallest absolute Gasteiger partial charge is 0.264 e. The molecule has 78 valence electrons. The van der Waals surface area contributed by atoms with Crippen molar-refractivity contribution in [1.82, 2.24) is 0 Å². The fourth-order valence-corrected chi connectivity index (χ4v) is 2.95. The molecule has 15 heavy (non-hydrogen) atoms. The molecule has 0 saturated heterocycles. The molecule has 0 atom stereocenters. The lowest BCUT2D eigenvalue weighted by Crippen LogP contribution is -2.06. The van der Waals surface area contributed by atoms with Crippen LogP contribution in [0.4, 0.5) is 0 Å². The Morgan fingerprint density at radius 1 is 0.800 bits per heavy atom. The number of fused-ring (bicyclic) bond motifs is 1. The van der Waals surface area contributed by atoms with Crippen molar-refractivity contribution >= 4 is 22.7 Å². The van der Waals surface area contributed by atoms with E-state index in [0.717, 1.165) is 33.3 Å². The van der Waals surface area contributed by atoms with E-state index >= 15 is 0 Å². The minimum atomic E-state index is -0.346. The van der Waals surface area contributed by atoms with Crippen LogP contribution < -0.4 is 0 Å². The van der Waals surface area contributed by atoms with Crippen LogP contribution >= 0.6 is 11.8 Å². The average Bonchev–Trinajstić information content (AvgIpc) is 2.50. The molecular weight excluding hydrogens is 208 g/mol. The number of benzene rings is 1. The number of hydrogen-bond acceptors (Lipinski definition) is 3. The van der Waals surface area contributed by atoms with Crippen LogP contribution in [0.1, 0.15) is 32.6 Å². The molecular formula is C12H12O2S. The van der Waals surface area contributed by atoms with Gasteiger partial charge in [-0.15, -0.1) is 0 Å². The Hall–Kier alpha value is -1.09. The SMILES string of the molecule is Cc1c(C)c(C)c2c(c1C)SC(=O)C2=O. The predicted molar refractivity (Wildman–Crippen MR) is 60.6 cm³/mol. The fraction of sp³-hybridized carbons (Fsp3) is 0.333. The molecule has 0 N–H and O–H groups in total. The van der Waals surface area contributed by atoms with Crippen molar-refractivity contribution in [2.24, 2.45) is 0 Å². The second kappa shape index (κ2) is 3.20. The van der Waals surface area contributed by atoms with Crippen LogP contribution in [0.2, 0.25) is 0 Å². The van der Waals surface area contributed by atoms with Gasteiger partial charge in [-0.2, -0.15) is 0 Å². The molecule has 1 aromatic carbocycles. The average molecular weight is 220 g/mol. The second-order valence-corrected chi connectivity index (χ2v) is 4.91. The molecule has 0 amide bonds. The van der Waals surface area contributed by atoms with Gasteiger partial charge in [0.25, 0.3) is 5.12 Å². The van der Waals surface area contributed by atoms with Crippen LogP contribution in [0.5, 0.6) is 0 Å². The summed E-state index contributed by atoms with van der Waals surface area (Å²) in [4.78, 5) is 23.9. The van der Waals surface area contributed by atoms with Crippen LogP contribution in [-0.4, -0.2) is 10.9 Å². The Labute approximate surface area is 93.1 Å². The lowest BCUT2D eigenvalue weighted by Gasteiger charge is -2.13. The van der Waals surface area contributed by atoms with Crippen LogP contribution in [0.3, 0.4) is 0 Å². The maximum atomic E-state index is 11.7. The maximum Gasteiger partial charge on any atom is 0.264 e. The molecule has 0 fully saturated rings. The van der Waals surface area contributed by atoms with E-state index in [9.17, 15) is 9.59 Å². The van der Waals surface area contributed by atoms with Gasteiger partial charge in [0.2, 0.25) is 5.78 Å². The molecule has 1 heterocycles. The third kappa shape index (κ3) is 1.26. The normalized spacial score (nSPS) is 14.7. The van der Waals surface area contributed by atoms with E-state index < -0.39 is 0 Å². The third-order valence-electron chi connectivity index (χ3n) is 3.24. The summed E-state index contributed by atoms with van der Waals surface area (Å²) in [6.45, 7) is 7.92.